The molecule has 1 amide bonds. The number of halogens is 2. The third-order valence-corrected chi connectivity index (χ3v) is 4.31. The van der Waals surface area contributed by atoms with E-state index in [1.807, 2.05) is 20.8 Å². The molecule has 1 aliphatic heterocycles. The van der Waals surface area contributed by atoms with Gasteiger partial charge in [0.15, 0.2) is 5.75 Å². The van der Waals surface area contributed by atoms with Crippen LogP contribution in [0.15, 0.2) is 12.1 Å². The second kappa shape index (κ2) is 7.66. The summed E-state index contributed by atoms with van der Waals surface area (Å²) in [5.74, 6) is 0.0788. The van der Waals surface area contributed by atoms with E-state index in [2.05, 4.69) is 0 Å². The molecule has 1 heterocycles. The number of ether oxygens (including phenoxy) is 2. The standard InChI is InChI=1S/C16H20Cl2N2O5/c1-16(2,3)25-15(21)19-6-4-10(5-7-19)24-14-9-12(18)11(17)8-13(14)20(22)23/h8-10H,4-7H2,1-3H3. The SMILES string of the molecule is CC(C)(C)OC(=O)N1CCC(Oc2cc(Cl)c(Cl)cc2[N+](=O)[O-])CC1. The van der Waals surface area contributed by atoms with E-state index in [1.165, 1.54) is 12.1 Å². The number of rotatable bonds is 3. The first kappa shape index (κ1) is 19.6. The number of benzene rings is 1. The van der Waals surface area contributed by atoms with Crippen molar-refractivity contribution in [2.45, 2.75) is 45.3 Å². The fourth-order valence-corrected chi connectivity index (χ4v) is 2.73. The summed E-state index contributed by atoms with van der Waals surface area (Å²) in [4.78, 5) is 24.2. The molecule has 1 aliphatic rings. The molecule has 9 heteroatoms. The lowest BCUT2D eigenvalue weighted by Gasteiger charge is -2.33. The Hall–Kier alpha value is -1.73. The molecule has 0 N–H and O–H groups in total. The molecule has 1 aromatic rings. The topological polar surface area (TPSA) is 81.9 Å². The normalized spacial score (nSPS) is 15.8. The van der Waals surface area contributed by atoms with Crippen LogP contribution in [0.5, 0.6) is 5.75 Å². The Balaban J connectivity index is 2.00. The van der Waals surface area contributed by atoms with Gasteiger partial charge >= 0.3 is 11.8 Å². The Bertz CT molecular complexity index is 667. The molecule has 0 spiro atoms. The van der Waals surface area contributed by atoms with Gasteiger partial charge < -0.3 is 14.4 Å². The lowest BCUT2D eigenvalue weighted by molar-refractivity contribution is -0.386. The first-order valence-electron chi connectivity index (χ1n) is 7.85. The third-order valence-electron chi connectivity index (χ3n) is 3.59. The van der Waals surface area contributed by atoms with Crippen molar-refractivity contribution in [3.8, 4) is 5.75 Å². The molecule has 0 radical (unpaired) electrons. The monoisotopic (exact) mass is 390 g/mol. The second-order valence-corrected chi connectivity index (χ2v) is 7.59. The number of hydrogen-bond donors (Lipinski definition) is 0. The lowest BCUT2D eigenvalue weighted by Crippen LogP contribution is -2.44. The van der Waals surface area contributed by atoms with Crippen LogP contribution in [0, 0.1) is 10.1 Å². The molecule has 0 saturated carbocycles. The molecular formula is C16H20Cl2N2O5. The average Bonchev–Trinajstić information content (AvgIpc) is 2.49. The first-order chi connectivity index (χ1) is 11.6. The summed E-state index contributed by atoms with van der Waals surface area (Å²) in [5, 5.41) is 11.4. The number of hydrogen-bond acceptors (Lipinski definition) is 5. The number of nitro groups is 1. The zero-order valence-corrected chi connectivity index (χ0v) is 15.8. The third kappa shape index (κ3) is 5.37. The van der Waals surface area contributed by atoms with Gasteiger partial charge in [0, 0.05) is 38.1 Å². The minimum atomic E-state index is -0.562. The highest BCUT2D eigenvalue weighted by molar-refractivity contribution is 6.42. The number of amides is 1. The zero-order chi connectivity index (χ0) is 18.8. The van der Waals surface area contributed by atoms with Gasteiger partial charge in [-0.05, 0) is 20.8 Å². The first-order valence-corrected chi connectivity index (χ1v) is 8.60. The maximum absolute atomic E-state index is 12.0. The Kier molecular flexibility index (Phi) is 6.00. The van der Waals surface area contributed by atoms with E-state index >= 15 is 0 Å². The number of carbonyl (C=O) groups excluding carboxylic acids is 1. The predicted octanol–water partition coefficient (Wildman–Crippen LogP) is 4.68. The lowest BCUT2D eigenvalue weighted by atomic mass is 10.1. The van der Waals surface area contributed by atoms with Crippen molar-refractivity contribution in [3.05, 3.63) is 32.3 Å². The molecule has 1 saturated heterocycles. The van der Waals surface area contributed by atoms with Crippen molar-refractivity contribution in [2.75, 3.05) is 13.1 Å². The van der Waals surface area contributed by atoms with Gasteiger partial charge in [-0.3, -0.25) is 10.1 Å². The van der Waals surface area contributed by atoms with Crippen molar-refractivity contribution < 1.29 is 19.2 Å². The van der Waals surface area contributed by atoms with Gasteiger partial charge in [0.2, 0.25) is 0 Å². The molecule has 1 fully saturated rings. The maximum Gasteiger partial charge on any atom is 0.410 e. The summed E-state index contributed by atoms with van der Waals surface area (Å²) in [5.41, 5.74) is -0.783. The highest BCUT2D eigenvalue weighted by Crippen LogP contribution is 2.37. The van der Waals surface area contributed by atoms with Crippen molar-refractivity contribution in [2.24, 2.45) is 0 Å². The maximum atomic E-state index is 12.0. The number of nitrogens with zero attached hydrogens (tertiary/aromatic N) is 2. The number of piperidine rings is 1. The molecule has 0 bridgehead atoms. The molecule has 0 aliphatic carbocycles. The van der Waals surface area contributed by atoms with E-state index in [-0.39, 0.29) is 33.7 Å². The molecule has 0 aromatic heterocycles. The molecule has 0 atom stereocenters. The van der Waals surface area contributed by atoms with Gasteiger partial charge in [-0.2, -0.15) is 0 Å². The van der Waals surface area contributed by atoms with Crippen molar-refractivity contribution in [1.29, 1.82) is 0 Å². The summed E-state index contributed by atoms with van der Waals surface area (Å²) >= 11 is 11.8. The van der Waals surface area contributed by atoms with E-state index in [1.54, 1.807) is 4.90 Å². The van der Waals surface area contributed by atoms with E-state index in [9.17, 15) is 14.9 Å². The summed E-state index contributed by atoms with van der Waals surface area (Å²) in [7, 11) is 0. The van der Waals surface area contributed by atoms with Gasteiger partial charge in [-0.25, -0.2) is 4.79 Å². The van der Waals surface area contributed by atoms with E-state index in [0.717, 1.165) is 0 Å². The largest absolute Gasteiger partial charge is 0.483 e. The van der Waals surface area contributed by atoms with Gasteiger partial charge in [0.25, 0.3) is 0 Å². The van der Waals surface area contributed by atoms with Crippen LogP contribution in [0.3, 0.4) is 0 Å². The number of likely N-dealkylation sites (tertiary alicyclic amines) is 1. The van der Waals surface area contributed by atoms with Crippen LogP contribution in [0.4, 0.5) is 10.5 Å². The molecule has 2 rings (SSSR count). The second-order valence-electron chi connectivity index (χ2n) is 6.78. The summed E-state index contributed by atoms with van der Waals surface area (Å²) in [6.07, 6.45) is 0.453. The van der Waals surface area contributed by atoms with Gasteiger partial charge in [-0.15, -0.1) is 0 Å². The van der Waals surface area contributed by atoms with Crippen molar-refractivity contribution in [1.82, 2.24) is 4.90 Å². The van der Waals surface area contributed by atoms with Crippen LogP contribution in [0.1, 0.15) is 33.6 Å². The molecule has 1 aromatic carbocycles. The van der Waals surface area contributed by atoms with E-state index in [0.29, 0.717) is 25.9 Å². The van der Waals surface area contributed by atoms with Gasteiger partial charge in [-0.1, -0.05) is 23.2 Å². The van der Waals surface area contributed by atoms with Crippen LogP contribution < -0.4 is 4.74 Å². The Labute approximate surface area is 155 Å². The smallest absolute Gasteiger partial charge is 0.410 e. The molecule has 7 nitrogen and oxygen atoms in total. The van der Waals surface area contributed by atoms with Crippen LogP contribution in [0.25, 0.3) is 0 Å². The highest BCUT2D eigenvalue weighted by Gasteiger charge is 2.29. The fraction of sp³-hybridized carbons (Fsp3) is 0.562. The summed E-state index contributed by atoms with van der Waals surface area (Å²) in [6, 6.07) is 2.53. The fourth-order valence-electron chi connectivity index (χ4n) is 2.42. The van der Waals surface area contributed by atoms with Crippen LogP contribution in [0.2, 0.25) is 10.0 Å². The zero-order valence-electron chi connectivity index (χ0n) is 14.3. The molecule has 25 heavy (non-hydrogen) atoms. The van der Waals surface area contributed by atoms with Crippen LogP contribution >= 0.6 is 23.2 Å². The van der Waals surface area contributed by atoms with Gasteiger partial charge in [0.1, 0.15) is 11.7 Å². The predicted molar refractivity (Wildman–Crippen MR) is 94.6 cm³/mol. The molecule has 138 valence electrons. The minimum Gasteiger partial charge on any atom is -0.483 e. The minimum absolute atomic E-state index is 0.0788. The molecular weight excluding hydrogens is 371 g/mol. The quantitative estimate of drug-likeness (QED) is 0.552. The Morgan fingerprint density at radius 1 is 1.24 bits per heavy atom. The van der Waals surface area contributed by atoms with E-state index < -0.39 is 10.5 Å². The average molecular weight is 391 g/mol. The van der Waals surface area contributed by atoms with Crippen molar-refractivity contribution in [3.63, 3.8) is 0 Å². The highest BCUT2D eigenvalue weighted by atomic mass is 35.5. The van der Waals surface area contributed by atoms with Gasteiger partial charge in [0.05, 0.1) is 15.0 Å². The van der Waals surface area contributed by atoms with Crippen molar-refractivity contribution >= 4 is 35.0 Å². The molecule has 0 unspecified atom stereocenters. The Morgan fingerprint density at radius 2 is 1.80 bits per heavy atom. The van der Waals surface area contributed by atoms with Crippen LogP contribution in [-0.2, 0) is 4.74 Å². The van der Waals surface area contributed by atoms with E-state index in [4.69, 9.17) is 32.7 Å². The number of nitro benzene ring substituents is 1. The summed E-state index contributed by atoms with van der Waals surface area (Å²) < 4.78 is 11.1. The number of carbonyl (C=O) groups is 1. The summed E-state index contributed by atoms with van der Waals surface area (Å²) in [6.45, 7) is 6.34. The van der Waals surface area contributed by atoms with Crippen LogP contribution in [-0.4, -0.2) is 40.7 Å². The Morgan fingerprint density at radius 3 is 2.32 bits per heavy atom.